The zero-order valence-corrected chi connectivity index (χ0v) is 21.7. The molecule has 6 nitrogen and oxygen atoms in total. The first-order valence-corrected chi connectivity index (χ1v) is 12.7. The van der Waals surface area contributed by atoms with Gasteiger partial charge in [-0.3, -0.25) is 9.59 Å². The van der Waals surface area contributed by atoms with Crippen LogP contribution >= 0.6 is 23.4 Å². The molecule has 0 aromatic heterocycles. The van der Waals surface area contributed by atoms with E-state index in [1.165, 1.54) is 12.1 Å². The minimum Gasteiger partial charge on any atom is -0.478 e. The minimum atomic E-state index is -4.69. The molecule has 4 rings (SSSR count). The third-order valence-corrected chi connectivity index (χ3v) is 7.07. The van der Waals surface area contributed by atoms with E-state index in [1.807, 2.05) is 0 Å². The number of fused-ring (bicyclic) bond motifs is 1. The molecule has 0 aliphatic carbocycles. The first kappa shape index (κ1) is 28.0. The lowest BCUT2D eigenvalue weighted by molar-refractivity contribution is -0.137. The van der Waals surface area contributed by atoms with Crippen molar-refractivity contribution in [3.63, 3.8) is 0 Å². The van der Waals surface area contributed by atoms with E-state index in [0.717, 1.165) is 23.9 Å². The van der Waals surface area contributed by atoms with Crippen LogP contribution in [0.4, 0.5) is 24.5 Å². The third-order valence-electron chi connectivity index (χ3n) is 5.72. The maximum Gasteiger partial charge on any atom is 0.418 e. The van der Waals surface area contributed by atoms with E-state index in [4.69, 9.17) is 11.6 Å². The maximum atomic E-state index is 13.3. The Hall–Kier alpha value is -4.02. The predicted molar refractivity (Wildman–Crippen MR) is 146 cm³/mol. The van der Waals surface area contributed by atoms with E-state index >= 15 is 0 Å². The highest BCUT2D eigenvalue weighted by Crippen LogP contribution is 2.37. The van der Waals surface area contributed by atoms with Crippen molar-refractivity contribution in [1.29, 1.82) is 0 Å². The summed E-state index contributed by atoms with van der Waals surface area (Å²) in [6.07, 6.45) is -4.69. The van der Waals surface area contributed by atoms with Crippen molar-refractivity contribution < 1.29 is 32.7 Å². The topological polar surface area (TPSA) is 95.5 Å². The van der Waals surface area contributed by atoms with Crippen LogP contribution in [0.3, 0.4) is 0 Å². The average Bonchev–Trinajstić information content (AvgIpc) is 2.89. The van der Waals surface area contributed by atoms with E-state index in [2.05, 4.69) is 10.6 Å². The molecule has 3 N–H and O–H groups in total. The highest BCUT2D eigenvalue weighted by atomic mass is 35.5. The summed E-state index contributed by atoms with van der Waals surface area (Å²) in [5.41, 5.74) is -0.778. The van der Waals surface area contributed by atoms with Crippen LogP contribution in [0, 0.1) is 0 Å². The number of aromatic carboxylic acids is 1. The Morgan fingerprint density at radius 3 is 2.15 bits per heavy atom. The number of carboxylic acids is 1. The van der Waals surface area contributed by atoms with Crippen molar-refractivity contribution in [3.8, 4) is 0 Å². The monoisotopic (exact) mass is 572 g/mol. The Morgan fingerprint density at radius 2 is 1.54 bits per heavy atom. The van der Waals surface area contributed by atoms with Crippen LogP contribution in [-0.2, 0) is 11.0 Å². The van der Waals surface area contributed by atoms with Crippen LogP contribution in [0.25, 0.3) is 10.8 Å². The number of thioether (sulfide) groups is 1. The third kappa shape index (κ3) is 6.52. The molecule has 1 atom stereocenters. The first-order chi connectivity index (χ1) is 18.4. The minimum absolute atomic E-state index is 0.0122. The molecule has 0 aliphatic heterocycles. The van der Waals surface area contributed by atoms with Gasteiger partial charge < -0.3 is 15.7 Å². The van der Waals surface area contributed by atoms with Gasteiger partial charge in [0.15, 0.2) is 0 Å². The molecule has 0 saturated heterocycles. The van der Waals surface area contributed by atoms with E-state index < -0.39 is 34.8 Å². The number of benzene rings is 4. The lowest BCUT2D eigenvalue weighted by atomic mass is 9.98. The molecule has 0 aliphatic rings. The Morgan fingerprint density at radius 1 is 0.897 bits per heavy atom. The molecule has 4 aromatic carbocycles. The van der Waals surface area contributed by atoms with Gasteiger partial charge in [-0.05, 0) is 66.9 Å². The van der Waals surface area contributed by atoms with Gasteiger partial charge in [-0.15, -0.1) is 11.8 Å². The smallest absolute Gasteiger partial charge is 0.418 e. The lowest BCUT2D eigenvalue weighted by Gasteiger charge is -2.17. The largest absolute Gasteiger partial charge is 0.478 e. The number of rotatable bonds is 7. The second-order valence-corrected chi connectivity index (χ2v) is 10.3. The molecule has 2 amide bonds. The number of hydrogen-bond donors (Lipinski definition) is 3. The molecule has 200 valence electrons. The van der Waals surface area contributed by atoms with Gasteiger partial charge in [-0.1, -0.05) is 35.9 Å². The highest BCUT2D eigenvalue weighted by molar-refractivity contribution is 8.00. The summed E-state index contributed by atoms with van der Waals surface area (Å²) >= 11 is 6.81. The molecule has 0 radical (unpaired) electrons. The zero-order chi connectivity index (χ0) is 28.3. The molecule has 4 aromatic rings. The molecular formula is C28H20ClF3N2O4S. The number of anilines is 2. The highest BCUT2D eigenvalue weighted by Gasteiger charge is 2.34. The quantitative estimate of drug-likeness (QED) is 0.198. The zero-order valence-electron chi connectivity index (χ0n) is 20.2. The number of halogens is 4. The number of amides is 2. The summed E-state index contributed by atoms with van der Waals surface area (Å²) in [6, 6.07) is 19.3. The summed E-state index contributed by atoms with van der Waals surface area (Å²) in [6.45, 7) is 1.55. The van der Waals surface area contributed by atoms with Crippen molar-refractivity contribution in [3.05, 3.63) is 101 Å². The van der Waals surface area contributed by atoms with E-state index in [-0.39, 0.29) is 21.8 Å². The Balaban J connectivity index is 1.44. The summed E-state index contributed by atoms with van der Waals surface area (Å²) in [7, 11) is 0. The second kappa shape index (κ2) is 11.4. The predicted octanol–water partition coefficient (Wildman–Crippen LogP) is 7.58. The van der Waals surface area contributed by atoms with Crippen molar-refractivity contribution >= 4 is 63.3 Å². The second-order valence-electron chi connectivity index (χ2n) is 8.43. The number of alkyl halides is 3. The number of nitrogens with one attached hydrogen (secondary N) is 2. The number of carboxylic acid groups (broad SMARTS) is 1. The van der Waals surface area contributed by atoms with Gasteiger partial charge in [0.25, 0.3) is 5.91 Å². The first-order valence-electron chi connectivity index (χ1n) is 11.4. The van der Waals surface area contributed by atoms with Gasteiger partial charge in [-0.2, -0.15) is 13.2 Å². The molecule has 0 saturated carbocycles. The van der Waals surface area contributed by atoms with Crippen LogP contribution in [0.5, 0.6) is 0 Å². The molecule has 0 heterocycles. The average molecular weight is 573 g/mol. The van der Waals surface area contributed by atoms with Gasteiger partial charge >= 0.3 is 12.1 Å². The molecule has 39 heavy (non-hydrogen) atoms. The van der Waals surface area contributed by atoms with Crippen LogP contribution in [-0.4, -0.2) is 28.1 Å². The van der Waals surface area contributed by atoms with Crippen LogP contribution in [0.2, 0.25) is 5.02 Å². The summed E-state index contributed by atoms with van der Waals surface area (Å²) < 4.78 is 40.0. The van der Waals surface area contributed by atoms with Crippen LogP contribution < -0.4 is 10.6 Å². The van der Waals surface area contributed by atoms with Gasteiger partial charge in [0, 0.05) is 26.6 Å². The van der Waals surface area contributed by atoms with Gasteiger partial charge in [0.2, 0.25) is 5.91 Å². The number of carbonyl (C=O) groups excluding carboxylic acids is 2. The van der Waals surface area contributed by atoms with Gasteiger partial charge in [-0.25, -0.2) is 4.79 Å². The van der Waals surface area contributed by atoms with Gasteiger partial charge in [0.05, 0.1) is 22.1 Å². The molecular weight excluding hydrogens is 553 g/mol. The van der Waals surface area contributed by atoms with Crippen molar-refractivity contribution in [2.24, 2.45) is 0 Å². The lowest BCUT2D eigenvalue weighted by Crippen LogP contribution is -2.24. The molecule has 11 heteroatoms. The van der Waals surface area contributed by atoms with Crippen molar-refractivity contribution in [1.82, 2.24) is 0 Å². The Bertz CT molecular complexity index is 1570. The van der Waals surface area contributed by atoms with E-state index in [1.54, 1.807) is 61.5 Å². The summed E-state index contributed by atoms with van der Waals surface area (Å²) in [5, 5.41) is 14.7. The normalized spacial score (nSPS) is 12.1. The summed E-state index contributed by atoms with van der Waals surface area (Å²) in [5.74, 6) is -2.27. The fourth-order valence-electron chi connectivity index (χ4n) is 3.88. The fraction of sp³-hybridized carbons (Fsp3) is 0.107. The van der Waals surface area contributed by atoms with E-state index in [0.29, 0.717) is 21.4 Å². The Kier molecular flexibility index (Phi) is 8.17. The maximum absolute atomic E-state index is 13.3. The van der Waals surface area contributed by atoms with Crippen molar-refractivity contribution in [2.75, 3.05) is 10.6 Å². The number of hydrogen-bond acceptors (Lipinski definition) is 4. The molecule has 0 spiro atoms. The molecule has 1 unspecified atom stereocenters. The number of carbonyl (C=O) groups is 3. The SMILES string of the molecule is CC(Sc1ccc(NC(=O)c2cccc3cccc(C(=O)O)c23)cc1)C(=O)Nc1ccc(Cl)cc1C(F)(F)F. The fourth-order valence-corrected chi connectivity index (χ4v) is 4.92. The molecule has 0 fully saturated rings. The van der Waals surface area contributed by atoms with Crippen LogP contribution in [0.15, 0.2) is 83.8 Å². The van der Waals surface area contributed by atoms with Gasteiger partial charge in [0.1, 0.15) is 0 Å². The van der Waals surface area contributed by atoms with E-state index in [9.17, 15) is 32.7 Å². The summed E-state index contributed by atoms with van der Waals surface area (Å²) in [4.78, 5) is 37.9. The standard InChI is InChI=1S/C28H20ClF3N2O4S/c1-15(25(35)34-23-13-8-17(29)14-22(23)28(30,31)32)39-19-11-9-18(10-12-19)33-26(36)20-6-2-4-16-5-3-7-21(24(16)20)27(37)38/h2-15H,1H3,(H,33,36)(H,34,35)(H,37,38). The Labute approximate surface area is 230 Å². The van der Waals surface area contributed by atoms with Crippen molar-refractivity contribution in [2.45, 2.75) is 23.2 Å². The molecule has 0 bridgehead atoms. The van der Waals surface area contributed by atoms with Crippen LogP contribution in [0.1, 0.15) is 33.2 Å².